The minimum atomic E-state index is -0.937. The predicted molar refractivity (Wildman–Crippen MR) is 87.8 cm³/mol. The van der Waals surface area contributed by atoms with Gasteiger partial charge in [-0.15, -0.1) is 0 Å². The summed E-state index contributed by atoms with van der Waals surface area (Å²) in [4.78, 5) is 11.6. The molecule has 126 valence electrons. The molecule has 4 nitrogen and oxygen atoms in total. The Bertz CT molecular complexity index is 752. The summed E-state index contributed by atoms with van der Waals surface area (Å²) in [6.45, 7) is 0. The van der Waals surface area contributed by atoms with Gasteiger partial charge in [-0.2, -0.15) is 0 Å². The fourth-order valence-corrected chi connectivity index (χ4v) is 5.69. The Balaban J connectivity index is 1.50. The molecule has 3 aliphatic carbocycles. The lowest BCUT2D eigenvalue weighted by molar-refractivity contribution is -0.142. The van der Waals surface area contributed by atoms with Crippen LogP contribution in [0.2, 0.25) is 0 Å². The van der Waals surface area contributed by atoms with Gasteiger partial charge in [0.1, 0.15) is 17.5 Å². The Labute approximate surface area is 141 Å². The summed E-state index contributed by atoms with van der Waals surface area (Å²) >= 11 is 0. The number of benzene rings is 1. The van der Waals surface area contributed by atoms with Crippen molar-refractivity contribution in [2.45, 2.75) is 49.7 Å². The molecule has 5 atom stereocenters. The Morgan fingerprint density at radius 2 is 2.21 bits per heavy atom. The molecule has 5 unspecified atom stereocenters. The van der Waals surface area contributed by atoms with Gasteiger partial charge in [0.25, 0.3) is 0 Å². The van der Waals surface area contributed by atoms with Gasteiger partial charge in [-0.1, -0.05) is 17.7 Å². The molecule has 3 fully saturated rings. The summed E-state index contributed by atoms with van der Waals surface area (Å²) < 4.78 is 10.8. The van der Waals surface area contributed by atoms with Gasteiger partial charge in [-0.25, -0.2) is 0 Å². The Morgan fingerprint density at radius 1 is 1.33 bits per heavy atom. The first-order chi connectivity index (χ1) is 11.6. The molecule has 4 heteroatoms. The van der Waals surface area contributed by atoms with Crippen LogP contribution in [0.1, 0.15) is 42.7 Å². The first-order valence-electron chi connectivity index (χ1n) is 8.89. The van der Waals surface area contributed by atoms with Crippen molar-refractivity contribution in [1.82, 2.24) is 0 Å². The number of carbonyl (C=O) groups is 1. The molecule has 2 saturated carbocycles. The minimum Gasteiger partial charge on any atom is -0.497 e. The van der Waals surface area contributed by atoms with Crippen LogP contribution in [0.5, 0.6) is 5.75 Å². The lowest BCUT2D eigenvalue weighted by atomic mass is 9.64. The van der Waals surface area contributed by atoms with E-state index in [-0.39, 0.29) is 24.4 Å². The molecule has 0 bridgehead atoms. The van der Waals surface area contributed by atoms with Crippen molar-refractivity contribution >= 4 is 5.97 Å². The van der Waals surface area contributed by atoms with E-state index in [4.69, 9.17) is 9.47 Å². The second kappa shape index (κ2) is 4.85. The topological polar surface area (TPSA) is 55.8 Å². The van der Waals surface area contributed by atoms with Gasteiger partial charge in [-0.3, -0.25) is 4.79 Å². The van der Waals surface area contributed by atoms with E-state index in [1.807, 2.05) is 6.07 Å². The standard InChI is InChI=1S/C20H22O4/c1-23-12-3-5-13-11(8-12)2-4-15-14(13)6-7-17-16(15)9-18-20(17,22)10-19(21)24-18/h3-5,8,14,16-18,22H,2,6-7,9-10H2,1H3. The number of carbonyl (C=O) groups excluding carboxylic acids is 1. The first-order valence-corrected chi connectivity index (χ1v) is 8.89. The zero-order valence-electron chi connectivity index (χ0n) is 13.8. The summed E-state index contributed by atoms with van der Waals surface area (Å²) in [6.07, 6.45) is 5.92. The minimum absolute atomic E-state index is 0.163. The average molecular weight is 326 g/mol. The molecule has 1 saturated heterocycles. The van der Waals surface area contributed by atoms with Crippen LogP contribution in [0, 0.1) is 11.8 Å². The Morgan fingerprint density at radius 3 is 3.04 bits per heavy atom. The molecule has 0 amide bonds. The third-order valence-electron chi connectivity index (χ3n) is 6.73. The highest BCUT2D eigenvalue weighted by molar-refractivity contribution is 5.74. The predicted octanol–water partition coefficient (Wildman–Crippen LogP) is 2.74. The molecule has 0 spiro atoms. The van der Waals surface area contributed by atoms with Gasteiger partial charge in [0.2, 0.25) is 0 Å². The van der Waals surface area contributed by atoms with Crippen molar-refractivity contribution in [3.05, 3.63) is 41.0 Å². The van der Waals surface area contributed by atoms with E-state index >= 15 is 0 Å². The number of ether oxygens (including phenoxy) is 2. The van der Waals surface area contributed by atoms with Crippen LogP contribution >= 0.6 is 0 Å². The lowest BCUT2D eigenvalue weighted by Gasteiger charge is -2.41. The van der Waals surface area contributed by atoms with Crippen LogP contribution in [0.15, 0.2) is 29.8 Å². The van der Waals surface area contributed by atoms with E-state index in [1.165, 1.54) is 16.7 Å². The fourth-order valence-electron chi connectivity index (χ4n) is 5.69. The van der Waals surface area contributed by atoms with E-state index in [2.05, 4.69) is 18.2 Å². The average Bonchev–Trinajstić information content (AvgIpc) is 3.02. The number of allylic oxidation sites excluding steroid dienone is 2. The van der Waals surface area contributed by atoms with Crippen LogP contribution in [0.4, 0.5) is 0 Å². The molecule has 4 aliphatic rings. The SMILES string of the molecule is COc1ccc2c(c1)CC=C1C2CCC2C1CC1OC(=O)CC12O. The smallest absolute Gasteiger partial charge is 0.309 e. The maximum atomic E-state index is 11.6. The lowest BCUT2D eigenvalue weighted by Crippen LogP contribution is -2.42. The van der Waals surface area contributed by atoms with Crippen LogP contribution in [-0.2, 0) is 16.0 Å². The maximum absolute atomic E-state index is 11.6. The number of esters is 1. The summed E-state index contributed by atoms with van der Waals surface area (Å²) in [5.74, 6) is 1.63. The zero-order valence-corrected chi connectivity index (χ0v) is 13.8. The Hall–Kier alpha value is -1.81. The van der Waals surface area contributed by atoms with Gasteiger partial charge in [-0.05, 0) is 60.8 Å². The third kappa shape index (κ3) is 1.80. The van der Waals surface area contributed by atoms with E-state index in [0.29, 0.717) is 11.8 Å². The molecule has 5 rings (SSSR count). The normalized spacial score (nSPS) is 39.2. The second-order valence-corrected chi connectivity index (χ2v) is 7.70. The van der Waals surface area contributed by atoms with Crippen molar-refractivity contribution in [3.8, 4) is 5.75 Å². The fraction of sp³-hybridized carbons (Fsp3) is 0.550. The van der Waals surface area contributed by atoms with Gasteiger partial charge in [0.15, 0.2) is 0 Å². The number of fused-ring (bicyclic) bond motifs is 7. The van der Waals surface area contributed by atoms with Crippen LogP contribution < -0.4 is 4.74 Å². The van der Waals surface area contributed by atoms with E-state index in [9.17, 15) is 9.90 Å². The Kier molecular flexibility index (Phi) is 2.94. The highest BCUT2D eigenvalue weighted by atomic mass is 16.6. The molecular formula is C20H22O4. The van der Waals surface area contributed by atoms with Gasteiger partial charge >= 0.3 is 5.97 Å². The zero-order chi connectivity index (χ0) is 16.5. The monoisotopic (exact) mass is 326 g/mol. The number of methoxy groups -OCH3 is 1. The quantitative estimate of drug-likeness (QED) is 0.637. The molecule has 1 N–H and O–H groups in total. The van der Waals surface area contributed by atoms with E-state index < -0.39 is 5.60 Å². The summed E-state index contributed by atoms with van der Waals surface area (Å²) in [5, 5.41) is 11.1. The summed E-state index contributed by atoms with van der Waals surface area (Å²) in [5.41, 5.74) is 3.29. The first kappa shape index (κ1) is 14.5. The van der Waals surface area contributed by atoms with Crippen molar-refractivity contribution in [3.63, 3.8) is 0 Å². The molecule has 1 aromatic rings. The van der Waals surface area contributed by atoms with Crippen LogP contribution in [0.25, 0.3) is 0 Å². The van der Waals surface area contributed by atoms with Crippen LogP contribution in [0.3, 0.4) is 0 Å². The van der Waals surface area contributed by atoms with Crippen molar-refractivity contribution < 1.29 is 19.4 Å². The molecular weight excluding hydrogens is 304 g/mol. The molecule has 1 aromatic carbocycles. The van der Waals surface area contributed by atoms with Gasteiger partial charge in [0, 0.05) is 5.92 Å². The van der Waals surface area contributed by atoms with Crippen molar-refractivity contribution in [1.29, 1.82) is 0 Å². The number of aliphatic hydroxyl groups is 1. The highest BCUT2D eigenvalue weighted by Crippen LogP contribution is 2.59. The molecule has 0 aromatic heterocycles. The van der Waals surface area contributed by atoms with Crippen molar-refractivity contribution in [2.24, 2.45) is 11.8 Å². The van der Waals surface area contributed by atoms with Gasteiger partial charge in [0.05, 0.1) is 13.5 Å². The van der Waals surface area contributed by atoms with Crippen molar-refractivity contribution in [2.75, 3.05) is 7.11 Å². The van der Waals surface area contributed by atoms with E-state index in [1.54, 1.807) is 7.11 Å². The maximum Gasteiger partial charge on any atom is 0.309 e. The van der Waals surface area contributed by atoms with Gasteiger partial charge < -0.3 is 14.6 Å². The largest absolute Gasteiger partial charge is 0.497 e. The van der Waals surface area contributed by atoms with E-state index in [0.717, 1.165) is 31.4 Å². The molecule has 1 heterocycles. The number of hydrogen-bond donors (Lipinski definition) is 1. The molecule has 1 aliphatic heterocycles. The molecule has 24 heavy (non-hydrogen) atoms. The summed E-state index contributed by atoms with van der Waals surface area (Å²) in [6, 6.07) is 6.40. The number of hydrogen-bond acceptors (Lipinski definition) is 4. The third-order valence-corrected chi connectivity index (χ3v) is 6.73. The second-order valence-electron chi connectivity index (χ2n) is 7.70. The highest BCUT2D eigenvalue weighted by Gasteiger charge is 2.62. The number of rotatable bonds is 1. The van der Waals surface area contributed by atoms with Crippen LogP contribution in [-0.4, -0.2) is 29.9 Å². The summed E-state index contributed by atoms with van der Waals surface area (Å²) in [7, 11) is 1.70. The molecule has 0 radical (unpaired) electrons.